The first-order valence-corrected chi connectivity index (χ1v) is 11.1. The minimum atomic E-state index is -3.67. The largest absolute Gasteiger partial charge is 0.336 e. The van der Waals surface area contributed by atoms with Gasteiger partial charge in [-0.15, -0.1) is 0 Å². The van der Waals surface area contributed by atoms with E-state index in [1.54, 1.807) is 35.6 Å². The lowest BCUT2D eigenvalue weighted by Crippen LogP contribution is -2.50. The van der Waals surface area contributed by atoms with Gasteiger partial charge in [-0.1, -0.05) is 23.2 Å². The Labute approximate surface area is 174 Å². The third kappa shape index (κ3) is 3.78. The number of amides is 1. The average Bonchev–Trinajstić information content (AvgIpc) is 2.95. The Bertz CT molecular complexity index is 1010. The Morgan fingerprint density at radius 2 is 1.79 bits per heavy atom. The van der Waals surface area contributed by atoms with Crippen LogP contribution >= 0.6 is 23.2 Å². The van der Waals surface area contributed by atoms with Crippen molar-refractivity contribution in [3.8, 4) is 0 Å². The van der Waals surface area contributed by atoms with E-state index in [9.17, 15) is 13.2 Å². The second-order valence-corrected chi connectivity index (χ2v) is 9.35. The van der Waals surface area contributed by atoms with Crippen LogP contribution in [0.3, 0.4) is 0 Å². The molecule has 0 aliphatic carbocycles. The molecule has 1 aliphatic heterocycles. The molecule has 0 unspecified atom stereocenters. The number of hydrogen-bond donors (Lipinski definition) is 0. The molecule has 1 aromatic heterocycles. The van der Waals surface area contributed by atoms with Gasteiger partial charge in [-0.3, -0.25) is 9.48 Å². The molecule has 7 nitrogen and oxygen atoms in total. The molecule has 1 aliphatic rings. The van der Waals surface area contributed by atoms with Crippen LogP contribution < -0.4 is 0 Å². The van der Waals surface area contributed by atoms with Crippen LogP contribution in [0.25, 0.3) is 0 Å². The number of nitrogens with zero attached hydrogens (tertiary/aromatic N) is 4. The molecule has 10 heteroatoms. The number of aromatic nitrogens is 2. The Balaban J connectivity index is 1.76. The maximum Gasteiger partial charge on any atom is 0.255 e. The molecule has 1 aromatic carbocycles. The van der Waals surface area contributed by atoms with Crippen molar-refractivity contribution in [3.63, 3.8) is 0 Å². The summed E-state index contributed by atoms with van der Waals surface area (Å²) in [4.78, 5) is 14.6. The number of rotatable bonds is 4. The van der Waals surface area contributed by atoms with Gasteiger partial charge in [0.25, 0.3) is 5.91 Å². The van der Waals surface area contributed by atoms with Gasteiger partial charge in [-0.25, -0.2) is 8.42 Å². The van der Waals surface area contributed by atoms with Gasteiger partial charge in [0.05, 0.1) is 22.0 Å². The van der Waals surface area contributed by atoms with Crippen LogP contribution in [0.5, 0.6) is 0 Å². The van der Waals surface area contributed by atoms with Crippen molar-refractivity contribution in [3.05, 3.63) is 45.2 Å². The van der Waals surface area contributed by atoms with Gasteiger partial charge in [0.15, 0.2) is 0 Å². The molecular formula is C18H22Cl2N4O3S. The predicted molar refractivity (Wildman–Crippen MR) is 108 cm³/mol. The summed E-state index contributed by atoms with van der Waals surface area (Å²) >= 11 is 12.0. The highest BCUT2D eigenvalue weighted by molar-refractivity contribution is 7.89. The van der Waals surface area contributed by atoms with Gasteiger partial charge in [-0.05, 0) is 39.0 Å². The van der Waals surface area contributed by atoms with E-state index in [1.165, 1.54) is 10.4 Å². The van der Waals surface area contributed by atoms with E-state index in [0.717, 1.165) is 0 Å². The van der Waals surface area contributed by atoms with Crippen LogP contribution in [0, 0.1) is 13.8 Å². The van der Waals surface area contributed by atoms with Gasteiger partial charge in [-0.2, -0.15) is 9.40 Å². The molecule has 0 bridgehead atoms. The SMILES string of the molecule is CCn1nc(C)c(S(=O)(=O)N2CCN(C(=O)c3ccc(Cl)cc3Cl)CC2)c1C. The van der Waals surface area contributed by atoms with Crippen molar-refractivity contribution in [1.29, 1.82) is 0 Å². The van der Waals surface area contributed by atoms with Crippen molar-refractivity contribution in [1.82, 2.24) is 19.0 Å². The van der Waals surface area contributed by atoms with Gasteiger partial charge in [0.1, 0.15) is 4.90 Å². The molecule has 1 fully saturated rings. The predicted octanol–water partition coefficient (Wildman–Crippen LogP) is 2.97. The van der Waals surface area contributed by atoms with Gasteiger partial charge in [0, 0.05) is 37.7 Å². The fourth-order valence-electron chi connectivity index (χ4n) is 3.46. The number of aryl methyl sites for hydroxylation is 2. The van der Waals surface area contributed by atoms with Crippen molar-refractivity contribution < 1.29 is 13.2 Å². The molecule has 1 amide bonds. The van der Waals surface area contributed by atoms with E-state index in [-0.39, 0.29) is 42.0 Å². The first-order chi connectivity index (χ1) is 13.2. The van der Waals surface area contributed by atoms with Crippen LogP contribution in [0.2, 0.25) is 10.0 Å². The molecule has 0 spiro atoms. The quantitative estimate of drug-likeness (QED) is 0.725. The molecule has 3 rings (SSSR count). The number of carbonyl (C=O) groups excluding carboxylic acids is 1. The first-order valence-electron chi connectivity index (χ1n) is 8.95. The van der Waals surface area contributed by atoms with Crippen LogP contribution in [-0.4, -0.2) is 59.5 Å². The highest BCUT2D eigenvalue weighted by Gasteiger charge is 2.34. The molecule has 2 heterocycles. The fraction of sp³-hybridized carbons (Fsp3) is 0.444. The molecule has 0 radical (unpaired) electrons. The second-order valence-electron chi connectivity index (χ2n) is 6.64. The zero-order valence-electron chi connectivity index (χ0n) is 15.9. The minimum absolute atomic E-state index is 0.218. The number of halogens is 2. The molecule has 0 N–H and O–H groups in total. The number of benzene rings is 1. The highest BCUT2D eigenvalue weighted by Crippen LogP contribution is 2.26. The lowest BCUT2D eigenvalue weighted by molar-refractivity contribution is 0.0698. The van der Waals surface area contributed by atoms with E-state index in [4.69, 9.17) is 23.2 Å². The third-order valence-electron chi connectivity index (χ3n) is 4.90. The summed E-state index contributed by atoms with van der Waals surface area (Å²) < 4.78 is 29.4. The normalized spacial score (nSPS) is 15.8. The van der Waals surface area contributed by atoms with Gasteiger partial charge < -0.3 is 4.90 Å². The number of hydrogen-bond acceptors (Lipinski definition) is 4. The smallest absolute Gasteiger partial charge is 0.255 e. The topological polar surface area (TPSA) is 75.5 Å². The van der Waals surface area contributed by atoms with Gasteiger partial charge in [0.2, 0.25) is 10.0 Å². The van der Waals surface area contributed by atoms with E-state index in [2.05, 4.69) is 5.10 Å². The summed E-state index contributed by atoms with van der Waals surface area (Å²) in [7, 11) is -3.67. The van der Waals surface area contributed by atoms with Gasteiger partial charge >= 0.3 is 0 Å². The van der Waals surface area contributed by atoms with Crippen LogP contribution in [-0.2, 0) is 16.6 Å². The van der Waals surface area contributed by atoms with Crippen molar-refractivity contribution in [2.24, 2.45) is 0 Å². The van der Waals surface area contributed by atoms with E-state index in [1.807, 2.05) is 6.92 Å². The molecule has 28 heavy (non-hydrogen) atoms. The van der Waals surface area contributed by atoms with Crippen LogP contribution in [0.1, 0.15) is 28.7 Å². The van der Waals surface area contributed by atoms with E-state index < -0.39 is 10.0 Å². The lowest BCUT2D eigenvalue weighted by Gasteiger charge is -2.34. The van der Waals surface area contributed by atoms with Crippen molar-refractivity contribution in [2.45, 2.75) is 32.2 Å². The minimum Gasteiger partial charge on any atom is -0.336 e. The molecule has 2 aromatic rings. The summed E-state index contributed by atoms with van der Waals surface area (Å²) in [6.45, 7) is 7.00. The average molecular weight is 445 g/mol. The Hall–Kier alpha value is -1.61. The Morgan fingerprint density at radius 3 is 2.32 bits per heavy atom. The maximum absolute atomic E-state index is 13.1. The van der Waals surface area contributed by atoms with E-state index >= 15 is 0 Å². The van der Waals surface area contributed by atoms with Crippen LogP contribution in [0.15, 0.2) is 23.1 Å². The monoisotopic (exact) mass is 444 g/mol. The molecule has 1 saturated heterocycles. The zero-order valence-corrected chi connectivity index (χ0v) is 18.3. The Morgan fingerprint density at radius 1 is 1.14 bits per heavy atom. The highest BCUT2D eigenvalue weighted by atomic mass is 35.5. The number of sulfonamides is 1. The lowest BCUT2D eigenvalue weighted by atomic mass is 10.2. The summed E-state index contributed by atoms with van der Waals surface area (Å²) in [5, 5.41) is 5.05. The summed E-state index contributed by atoms with van der Waals surface area (Å²) in [5.74, 6) is -0.232. The van der Waals surface area contributed by atoms with E-state index in [0.29, 0.717) is 28.5 Å². The molecule has 152 valence electrons. The maximum atomic E-state index is 13.1. The molecule has 0 saturated carbocycles. The second kappa shape index (κ2) is 8.02. The van der Waals surface area contributed by atoms with Crippen molar-refractivity contribution in [2.75, 3.05) is 26.2 Å². The fourth-order valence-corrected chi connectivity index (χ4v) is 5.74. The number of piperazine rings is 1. The molecular weight excluding hydrogens is 423 g/mol. The summed E-state index contributed by atoms with van der Waals surface area (Å²) in [6.07, 6.45) is 0. The summed E-state index contributed by atoms with van der Waals surface area (Å²) in [5.41, 5.74) is 1.48. The zero-order chi connectivity index (χ0) is 20.6. The Kier molecular flexibility index (Phi) is 6.05. The first kappa shape index (κ1) is 21.1. The standard InChI is InChI=1S/C18H22Cl2N4O3S/c1-4-24-13(3)17(12(2)21-24)28(26,27)23-9-7-22(8-10-23)18(25)15-6-5-14(19)11-16(15)20/h5-6,11H,4,7-10H2,1-3H3. The number of carbonyl (C=O) groups is 1. The van der Waals surface area contributed by atoms with Crippen molar-refractivity contribution >= 4 is 39.1 Å². The molecule has 0 atom stereocenters. The van der Waals surface area contributed by atoms with Crippen LogP contribution in [0.4, 0.5) is 0 Å². The summed E-state index contributed by atoms with van der Waals surface area (Å²) in [6, 6.07) is 4.72. The third-order valence-corrected chi connectivity index (χ3v) is 7.60.